The number of anilines is 1. The minimum absolute atomic E-state index is 0.0259. The zero-order chi connectivity index (χ0) is 20.8. The van der Waals surface area contributed by atoms with Crippen LogP contribution in [0.15, 0.2) is 51.8 Å². The van der Waals surface area contributed by atoms with Gasteiger partial charge in [-0.2, -0.15) is 0 Å². The molecule has 154 valence electrons. The standard InChI is InChI=1S/C23H26FNO3S/c1-4-23(2,3)15-5-11-21-19(13-15)20-14-17(8-12-22(20)28-21)25-29(26,27)18-9-6-16(24)7-10-18/h6-10,12,14-15,25H,4-5,11,13H2,1-3H3/t15-/m0/s1. The van der Waals surface area contributed by atoms with Crippen molar-refractivity contribution in [3.05, 3.63) is 59.6 Å². The van der Waals surface area contributed by atoms with Gasteiger partial charge in [-0.05, 0) is 66.6 Å². The molecule has 0 radical (unpaired) electrons. The smallest absolute Gasteiger partial charge is 0.261 e. The number of hydrogen-bond acceptors (Lipinski definition) is 3. The van der Waals surface area contributed by atoms with Crippen LogP contribution in [0.3, 0.4) is 0 Å². The number of nitrogens with one attached hydrogen (secondary N) is 1. The Hall–Kier alpha value is -2.34. The van der Waals surface area contributed by atoms with E-state index in [1.807, 2.05) is 12.1 Å². The van der Waals surface area contributed by atoms with Crippen LogP contribution in [0.1, 0.15) is 44.9 Å². The van der Waals surface area contributed by atoms with Crippen molar-refractivity contribution in [1.82, 2.24) is 0 Å². The van der Waals surface area contributed by atoms with Crippen molar-refractivity contribution in [2.45, 2.75) is 51.3 Å². The van der Waals surface area contributed by atoms with E-state index in [0.29, 0.717) is 11.6 Å². The van der Waals surface area contributed by atoms with Crippen LogP contribution in [-0.2, 0) is 22.9 Å². The molecule has 1 heterocycles. The molecule has 1 aliphatic carbocycles. The molecule has 3 aromatic rings. The highest BCUT2D eigenvalue weighted by atomic mass is 32.2. The summed E-state index contributed by atoms with van der Waals surface area (Å²) in [6, 6.07) is 10.2. The fourth-order valence-corrected chi connectivity index (χ4v) is 5.18. The van der Waals surface area contributed by atoms with Crippen LogP contribution >= 0.6 is 0 Å². The van der Waals surface area contributed by atoms with E-state index in [0.717, 1.165) is 54.5 Å². The molecule has 0 bridgehead atoms. The highest BCUT2D eigenvalue weighted by Crippen LogP contribution is 2.43. The fraction of sp³-hybridized carbons (Fsp3) is 0.391. The number of furan rings is 1. The fourth-order valence-electron chi connectivity index (χ4n) is 4.13. The summed E-state index contributed by atoms with van der Waals surface area (Å²) in [5.41, 5.74) is 2.71. The molecule has 0 aliphatic heterocycles. The van der Waals surface area contributed by atoms with Crippen LogP contribution in [0.2, 0.25) is 0 Å². The summed E-state index contributed by atoms with van der Waals surface area (Å²) < 4.78 is 47.1. The van der Waals surface area contributed by atoms with Gasteiger partial charge in [-0.3, -0.25) is 4.72 Å². The van der Waals surface area contributed by atoms with Gasteiger partial charge < -0.3 is 4.42 Å². The van der Waals surface area contributed by atoms with Crippen molar-refractivity contribution in [3.63, 3.8) is 0 Å². The zero-order valence-corrected chi connectivity index (χ0v) is 17.8. The van der Waals surface area contributed by atoms with E-state index in [9.17, 15) is 12.8 Å². The predicted molar refractivity (Wildman–Crippen MR) is 113 cm³/mol. The first-order valence-electron chi connectivity index (χ1n) is 10.0. The van der Waals surface area contributed by atoms with Crippen LogP contribution in [0.25, 0.3) is 11.0 Å². The summed E-state index contributed by atoms with van der Waals surface area (Å²) in [7, 11) is -3.79. The maximum Gasteiger partial charge on any atom is 0.261 e. The van der Waals surface area contributed by atoms with Crippen molar-refractivity contribution in [3.8, 4) is 0 Å². The summed E-state index contributed by atoms with van der Waals surface area (Å²) in [5, 5.41) is 0.968. The second kappa shape index (κ2) is 7.17. The summed E-state index contributed by atoms with van der Waals surface area (Å²) in [5.74, 6) is 1.11. The third-order valence-corrected chi connectivity index (χ3v) is 7.83. The normalized spacial score (nSPS) is 17.3. The SMILES string of the molecule is CCC(C)(C)[C@H]1CCc2oc3ccc(NS(=O)(=O)c4ccc(F)cc4)cc3c2C1. The van der Waals surface area contributed by atoms with Crippen molar-refractivity contribution in [2.24, 2.45) is 11.3 Å². The molecule has 0 fully saturated rings. The molecule has 1 N–H and O–H groups in total. The van der Waals surface area contributed by atoms with Gasteiger partial charge in [-0.25, -0.2) is 12.8 Å². The Bertz CT molecular complexity index is 1150. The predicted octanol–water partition coefficient (Wildman–Crippen LogP) is 5.91. The molecule has 0 spiro atoms. The van der Waals surface area contributed by atoms with E-state index in [1.165, 1.54) is 17.7 Å². The minimum atomic E-state index is -3.79. The number of benzene rings is 2. The quantitative estimate of drug-likeness (QED) is 0.563. The molecular formula is C23H26FNO3S. The summed E-state index contributed by atoms with van der Waals surface area (Å²) >= 11 is 0. The van der Waals surface area contributed by atoms with Gasteiger partial charge in [0, 0.05) is 23.1 Å². The lowest BCUT2D eigenvalue weighted by molar-refractivity contribution is 0.179. The lowest BCUT2D eigenvalue weighted by Crippen LogP contribution is -2.28. The first-order chi connectivity index (χ1) is 13.7. The molecule has 6 heteroatoms. The Morgan fingerprint density at radius 2 is 1.90 bits per heavy atom. The van der Waals surface area contributed by atoms with Gasteiger partial charge >= 0.3 is 0 Å². The zero-order valence-electron chi connectivity index (χ0n) is 17.0. The van der Waals surface area contributed by atoms with Crippen LogP contribution < -0.4 is 4.72 Å². The Balaban J connectivity index is 1.67. The molecule has 1 atom stereocenters. The van der Waals surface area contributed by atoms with E-state index in [2.05, 4.69) is 25.5 Å². The van der Waals surface area contributed by atoms with Crippen molar-refractivity contribution < 1.29 is 17.2 Å². The van der Waals surface area contributed by atoms with Gasteiger partial charge in [-0.15, -0.1) is 0 Å². The van der Waals surface area contributed by atoms with Gasteiger partial charge in [0.15, 0.2) is 0 Å². The molecule has 1 aliphatic rings. The average Bonchev–Trinajstić information content (AvgIpc) is 3.05. The first-order valence-corrected chi connectivity index (χ1v) is 11.5. The summed E-state index contributed by atoms with van der Waals surface area (Å²) in [6.45, 7) is 6.85. The average molecular weight is 416 g/mol. The number of halogens is 1. The first kappa shape index (κ1) is 20.0. The van der Waals surface area contributed by atoms with Gasteiger partial charge in [0.05, 0.1) is 4.90 Å². The van der Waals surface area contributed by atoms with Crippen molar-refractivity contribution in [1.29, 1.82) is 0 Å². The topological polar surface area (TPSA) is 59.3 Å². The summed E-state index contributed by atoms with van der Waals surface area (Å²) in [6.07, 6.45) is 4.08. The van der Waals surface area contributed by atoms with Gasteiger partial charge in [0.25, 0.3) is 10.0 Å². The van der Waals surface area contributed by atoms with E-state index >= 15 is 0 Å². The number of rotatable bonds is 5. The van der Waals surface area contributed by atoms with Gasteiger partial charge in [-0.1, -0.05) is 27.2 Å². The number of hydrogen-bond donors (Lipinski definition) is 1. The van der Waals surface area contributed by atoms with E-state index in [4.69, 9.17) is 4.42 Å². The Labute approximate surface area is 171 Å². The van der Waals surface area contributed by atoms with Crippen molar-refractivity contribution >= 4 is 26.7 Å². The molecule has 4 nitrogen and oxygen atoms in total. The minimum Gasteiger partial charge on any atom is -0.461 e. The molecule has 0 saturated heterocycles. The van der Waals surface area contributed by atoms with E-state index < -0.39 is 15.8 Å². The molecular weight excluding hydrogens is 389 g/mol. The Morgan fingerprint density at radius 3 is 2.59 bits per heavy atom. The van der Waals surface area contributed by atoms with Crippen LogP contribution in [0.4, 0.5) is 10.1 Å². The van der Waals surface area contributed by atoms with Crippen LogP contribution in [-0.4, -0.2) is 8.42 Å². The third-order valence-electron chi connectivity index (χ3n) is 6.44. The second-order valence-corrected chi connectivity index (χ2v) is 10.2. The third kappa shape index (κ3) is 3.78. The molecule has 0 amide bonds. The Morgan fingerprint density at radius 1 is 1.17 bits per heavy atom. The van der Waals surface area contributed by atoms with Crippen molar-refractivity contribution in [2.75, 3.05) is 4.72 Å². The molecule has 0 unspecified atom stereocenters. The second-order valence-electron chi connectivity index (χ2n) is 8.56. The van der Waals surface area contributed by atoms with Crippen LogP contribution in [0.5, 0.6) is 0 Å². The summed E-state index contributed by atoms with van der Waals surface area (Å²) in [4.78, 5) is 0.0259. The van der Waals surface area contributed by atoms with Gasteiger partial charge in [0.1, 0.15) is 17.2 Å². The van der Waals surface area contributed by atoms with E-state index in [1.54, 1.807) is 6.07 Å². The van der Waals surface area contributed by atoms with Crippen LogP contribution in [0, 0.1) is 17.2 Å². The monoisotopic (exact) mass is 415 g/mol. The lowest BCUT2D eigenvalue weighted by Gasteiger charge is -2.36. The molecule has 2 aromatic carbocycles. The molecule has 4 rings (SSSR count). The van der Waals surface area contributed by atoms with E-state index in [-0.39, 0.29) is 10.3 Å². The Kier molecular flexibility index (Phi) is 4.93. The number of fused-ring (bicyclic) bond motifs is 3. The van der Waals surface area contributed by atoms with Gasteiger partial charge in [0.2, 0.25) is 0 Å². The largest absolute Gasteiger partial charge is 0.461 e. The number of sulfonamides is 1. The maximum atomic E-state index is 13.1. The molecule has 0 saturated carbocycles. The highest BCUT2D eigenvalue weighted by Gasteiger charge is 2.33. The lowest BCUT2D eigenvalue weighted by atomic mass is 9.69. The molecule has 1 aromatic heterocycles. The maximum absolute atomic E-state index is 13.1. The molecule has 29 heavy (non-hydrogen) atoms. The highest BCUT2D eigenvalue weighted by molar-refractivity contribution is 7.92. The number of aryl methyl sites for hydroxylation is 1.